The standard InChI is InChI=1S/C14H30N4O2/c1-9(2)7-11(15)13(19)17-5-6-18-14(20)12(16)8-10(3)4/h9-12H,5-8,15-16H2,1-4H3,(H,17,19)(H,18,20)/t11-,12-/m0/s1. The zero-order valence-corrected chi connectivity index (χ0v) is 13.1. The molecule has 20 heavy (non-hydrogen) atoms. The van der Waals surface area contributed by atoms with Gasteiger partial charge in [0.05, 0.1) is 12.1 Å². The zero-order chi connectivity index (χ0) is 15.7. The molecule has 0 aromatic rings. The van der Waals surface area contributed by atoms with Gasteiger partial charge >= 0.3 is 0 Å². The van der Waals surface area contributed by atoms with Gasteiger partial charge in [0.2, 0.25) is 11.8 Å². The van der Waals surface area contributed by atoms with Gasteiger partial charge in [-0.15, -0.1) is 0 Å². The summed E-state index contributed by atoms with van der Waals surface area (Å²) in [5, 5.41) is 5.41. The van der Waals surface area contributed by atoms with Gasteiger partial charge in [-0.3, -0.25) is 9.59 Å². The smallest absolute Gasteiger partial charge is 0.236 e. The van der Waals surface area contributed by atoms with E-state index in [-0.39, 0.29) is 11.8 Å². The Morgan fingerprint density at radius 2 is 1.10 bits per heavy atom. The number of amides is 2. The predicted molar refractivity (Wildman–Crippen MR) is 80.9 cm³/mol. The molecule has 6 N–H and O–H groups in total. The molecule has 0 fully saturated rings. The molecule has 0 rings (SSSR count). The van der Waals surface area contributed by atoms with E-state index >= 15 is 0 Å². The average molecular weight is 286 g/mol. The molecule has 6 heteroatoms. The van der Waals surface area contributed by atoms with Crippen molar-refractivity contribution in [3.8, 4) is 0 Å². The van der Waals surface area contributed by atoms with Crippen LogP contribution in [-0.2, 0) is 9.59 Å². The van der Waals surface area contributed by atoms with Crippen molar-refractivity contribution in [1.82, 2.24) is 10.6 Å². The number of nitrogens with two attached hydrogens (primary N) is 2. The summed E-state index contributed by atoms with van der Waals surface area (Å²) in [5.41, 5.74) is 11.5. The van der Waals surface area contributed by atoms with Crippen LogP contribution in [0.15, 0.2) is 0 Å². The summed E-state index contributed by atoms with van der Waals surface area (Å²) in [6.45, 7) is 8.80. The van der Waals surface area contributed by atoms with Gasteiger partial charge in [-0.05, 0) is 24.7 Å². The Hall–Kier alpha value is -1.14. The van der Waals surface area contributed by atoms with E-state index in [1.807, 2.05) is 27.7 Å². The average Bonchev–Trinajstić information content (AvgIpc) is 2.32. The Balaban J connectivity index is 3.80. The lowest BCUT2D eigenvalue weighted by Gasteiger charge is -2.16. The highest BCUT2D eigenvalue weighted by Crippen LogP contribution is 2.03. The van der Waals surface area contributed by atoms with Gasteiger partial charge < -0.3 is 22.1 Å². The van der Waals surface area contributed by atoms with Gasteiger partial charge in [0.1, 0.15) is 0 Å². The number of hydrogen-bond acceptors (Lipinski definition) is 4. The van der Waals surface area contributed by atoms with Crippen molar-refractivity contribution < 1.29 is 9.59 Å². The van der Waals surface area contributed by atoms with E-state index in [4.69, 9.17) is 11.5 Å². The second-order valence-corrected chi connectivity index (χ2v) is 6.05. The van der Waals surface area contributed by atoms with Crippen molar-refractivity contribution in [3.63, 3.8) is 0 Å². The molecule has 0 unspecified atom stereocenters. The zero-order valence-electron chi connectivity index (χ0n) is 13.1. The Kier molecular flexibility index (Phi) is 9.16. The van der Waals surface area contributed by atoms with Crippen LogP contribution in [0.1, 0.15) is 40.5 Å². The van der Waals surface area contributed by atoms with Gasteiger partial charge in [-0.2, -0.15) is 0 Å². The molecular formula is C14H30N4O2. The summed E-state index contributed by atoms with van der Waals surface area (Å²) in [6, 6.07) is -0.984. The molecule has 0 saturated heterocycles. The van der Waals surface area contributed by atoms with E-state index < -0.39 is 12.1 Å². The number of hydrogen-bond donors (Lipinski definition) is 4. The van der Waals surface area contributed by atoms with Gasteiger partial charge in [0, 0.05) is 13.1 Å². The van der Waals surface area contributed by atoms with Crippen molar-refractivity contribution in [1.29, 1.82) is 0 Å². The van der Waals surface area contributed by atoms with E-state index in [0.29, 0.717) is 37.8 Å². The first-order chi connectivity index (χ1) is 9.23. The molecule has 0 aliphatic heterocycles. The first-order valence-electron chi connectivity index (χ1n) is 7.30. The summed E-state index contributed by atoms with van der Waals surface area (Å²) in [6.07, 6.45) is 1.30. The highest BCUT2D eigenvalue weighted by molar-refractivity contribution is 5.82. The Morgan fingerprint density at radius 1 is 0.800 bits per heavy atom. The first kappa shape index (κ1) is 18.9. The molecule has 0 saturated carbocycles. The molecule has 0 bridgehead atoms. The molecule has 0 spiro atoms. The fourth-order valence-electron chi connectivity index (χ4n) is 1.86. The first-order valence-corrected chi connectivity index (χ1v) is 7.30. The minimum Gasteiger partial charge on any atom is -0.353 e. The fraction of sp³-hybridized carbons (Fsp3) is 0.857. The van der Waals surface area contributed by atoms with E-state index in [1.165, 1.54) is 0 Å². The van der Waals surface area contributed by atoms with E-state index in [0.717, 1.165) is 0 Å². The lowest BCUT2D eigenvalue weighted by molar-refractivity contribution is -0.124. The molecule has 0 aliphatic rings. The van der Waals surface area contributed by atoms with Crippen LogP contribution in [0.5, 0.6) is 0 Å². The monoisotopic (exact) mass is 286 g/mol. The van der Waals surface area contributed by atoms with Crippen LogP contribution < -0.4 is 22.1 Å². The van der Waals surface area contributed by atoms with Crippen LogP contribution in [0.4, 0.5) is 0 Å². The molecule has 0 radical (unpaired) electrons. The van der Waals surface area contributed by atoms with Crippen LogP contribution in [0, 0.1) is 11.8 Å². The molecule has 6 nitrogen and oxygen atoms in total. The summed E-state index contributed by atoms with van der Waals surface area (Å²) in [4.78, 5) is 23.3. The van der Waals surface area contributed by atoms with Crippen LogP contribution >= 0.6 is 0 Å². The maximum absolute atomic E-state index is 11.6. The summed E-state index contributed by atoms with van der Waals surface area (Å²) in [5.74, 6) is 0.396. The molecule has 0 aliphatic carbocycles. The SMILES string of the molecule is CC(C)C[C@H](N)C(=O)NCCNC(=O)[C@@H](N)CC(C)C. The number of nitrogens with one attached hydrogen (secondary N) is 2. The number of carbonyl (C=O) groups is 2. The largest absolute Gasteiger partial charge is 0.353 e. The van der Waals surface area contributed by atoms with Gasteiger partial charge in [0.25, 0.3) is 0 Å². The predicted octanol–water partition coefficient (Wildman–Crippen LogP) is -0.0344. The maximum Gasteiger partial charge on any atom is 0.236 e. The van der Waals surface area contributed by atoms with Crippen molar-refractivity contribution in [2.75, 3.05) is 13.1 Å². The van der Waals surface area contributed by atoms with Crippen molar-refractivity contribution in [3.05, 3.63) is 0 Å². The summed E-state index contributed by atoms with van der Waals surface area (Å²) >= 11 is 0. The molecule has 0 aromatic heterocycles. The fourth-order valence-corrected chi connectivity index (χ4v) is 1.86. The van der Waals surface area contributed by atoms with Crippen LogP contribution in [0.3, 0.4) is 0 Å². The lowest BCUT2D eigenvalue weighted by Crippen LogP contribution is -2.46. The van der Waals surface area contributed by atoms with Gasteiger partial charge in [-0.1, -0.05) is 27.7 Å². The lowest BCUT2D eigenvalue weighted by atomic mass is 10.0. The van der Waals surface area contributed by atoms with Gasteiger partial charge in [-0.25, -0.2) is 0 Å². The highest BCUT2D eigenvalue weighted by atomic mass is 16.2. The molecule has 0 heterocycles. The quantitative estimate of drug-likeness (QED) is 0.446. The highest BCUT2D eigenvalue weighted by Gasteiger charge is 2.16. The van der Waals surface area contributed by atoms with E-state index in [2.05, 4.69) is 10.6 Å². The van der Waals surface area contributed by atoms with Crippen molar-refractivity contribution in [2.45, 2.75) is 52.6 Å². The Morgan fingerprint density at radius 3 is 1.35 bits per heavy atom. The summed E-state index contributed by atoms with van der Waals surface area (Å²) in [7, 11) is 0. The molecular weight excluding hydrogens is 256 g/mol. The minimum atomic E-state index is -0.492. The topological polar surface area (TPSA) is 110 Å². The Labute approximate surface area is 122 Å². The third-order valence-electron chi connectivity index (χ3n) is 2.85. The second kappa shape index (κ2) is 9.72. The third kappa shape index (κ3) is 8.87. The Bertz CT molecular complexity index is 276. The number of rotatable bonds is 9. The van der Waals surface area contributed by atoms with E-state index in [9.17, 15) is 9.59 Å². The maximum atomic E-state index is 11.6. The van der Waals surface area contributed by atoms with Crippen LogP contribution in [0.2, 0.25) is 0 Å². The summed E-state index contributed by atoms with van der Waals surface area (Å²) < 4.78 is 0. The van der Waals surface area contributed by atoms with Crippen molar-refractivity contribution in [2.24, 2.45) is 23.3 Å². The molecule has 2 amide bonds. The van der Waals surface area contributed by atoms with E-state index in [1.54, 1.807) is 0 Å². The molecule has 2 atom stereocenters. The molecule has 0 aromatic carbocycles. The third-order valence-corrected chi connectivity index (χ3v) is 2.85. The van der Waals surface area contributed by atoms with Crippen LogP contribution in [-0.4, -0.2) is 37.0 Å². The minimum absolute atomic E-state index is 0.181. The van der Waals surface area contributed by atoms with Crippen molar-refractivity contribution >= 4 is 11.8 Å². The van der Waals surface area contributed by atoms with Crippen LogP contribution in [0.25, 0.3) is 0 Å². The number of carbonyl (C=O) groups excluding carboxylic acids is 2. The molecule has 118 valence electrons. The van der Waals surface area contributed by atoms with Gasteiger partial charge in [0.15, 0.2) is 0 Å². The second-order valence-electron chi connectivity index (χ2n) is 6.05. The normalized spacial score (nSPS) is 14.2.